The van der Waals surface area contributed by atoms with E-state index in [-0.39, 0.29) is 23.5 Å². The van der Waals surface area contributed by atoms with E-state index in [9.17, 15) is 14.7 Å². The van der Waals surface area contributed by atoms with E-state index in [0.717, 1.165) is 24.8 Å². The number of aliphatic hydroxyl groups is 1. The van der Waals surface area contributed by atoms with E-state index in [0.29, 0.717) is 30.9 Å². The van der Waals surface area contributed by atoms with Crippen molar-refractivity contribution in [3.63, 3.8) is 0 Å². The van der Waals surface area contributed by atoms with Gasteiger partial charge in [-0.25, -0.2) is 0 Å². The van der Waals surface area contributed by atoms with E-state index in [1.807, 2.05) is 13.0 Å². The van der Waals surface area contributed by atoms with Crippen LogP contribution in [0.3, 0.4) is 0 Å². The number of Topliss-reactive ketones (excluding diaryl/α,β-unsaturated/α-hetero) is 1. The first-order valence-corrected chi connectivity index (χ1v) is 9.10. The summed E-state index contributed by atoms with van der Waals surface area (Å²) in [7, 11) is 0. The lowest BCUT2D eigenvalue weighted by Gasteiger charge is -2.52. The van der Waals surface area contributed by atoms with Gasteiger partial charge in [0.1, 0.15) is 11.4 Å². The molecule has 1 saturated carbocycles. The third-order valence-corrected chi connectivity index (χ3v) is 6.59. The van der Waals surface area contributed by atoms with Gasteiger partial charge in [-0.3, -0.25) is 9.59 Å². The summed E-state index contributed by atoms with van der Waals surface area (Å²) in [6.45, 7) is 10.2. The molecular formula is C20H29NO3. The van der Waals surface area contributed by atoms with Gasteiger partial charge < -0.3 is 10.4 Å². The van der Waals surface area contributed by atoms with E-state index in [1.54, 1.807) is 0 Å². The minimum Gasteiger partial charge on any atom is -0.382 e. The molecule has 0 aromatic heterocycles. The molecule has 3 aliphatic rings. The van der Waals surface area contributed by atoms with E-state index >= 15 is 0 Å². The molecule has 0 unspecified atom stereocenters. The summed E-state index contributed by atoms with van der Waals surface area (Å²) in [5, 5.41) is 14.6. The third kappa shape index (κ3) is 2.55. The van der Waals surface area contributed by atoms with Crippen LogP contribution in [0.5, 0.6) is 0 Å². The van der Waals surface area contributed by atoms with Crippen molar-refractivity contribution in [3.05, 3.63) is 23.9 Å². The van der Waals surface area contributed by atoms with Crippen LogP contribution in [-0.2, 0) is 9.59 Å². The topological polar surface area (TPSA) is 66.4 Å². The van der Waals surface area contributed by atoms with E-state index in [1.165, 1.54) is 0 Å². The molecule has 2 aliphatic carbocycles. The minimum absolute atomic E-state index is 0.0148. The predicted molar refractivity (Wildman–Crippen MR) is 92.9 cm³/mol. The van der Waals surface area contributed by atoms with Crippen LogP contribution in [0, 0.1) is 23.2 Å². The zero-order chi connectivity index (χ0) is 17.7. The fourth-order valence-electron chi connectivity index (χ4n) is 5.06. The zero-order valence-corrected chi connectivity index (χ0v) is 15.0. The zero-order valence-electron chi connectivity index (χ0n) is 15.0. The van der Waals surface area contributed by atoms with Crippen LogP contribution >= 0.6 is 0 Å². The second-order valence-corrected chi connectivity index (χ2v) is 8.57. The Kier molecular flexibility index (Phi) is 4.23. The van der Waals surface area contributed by atoms with Crippen molar-refractivity contribution >= 4 is 11.7 Å². The van der Waals surface area contributed by atoms with Gasteiger partial charge in [-0.05, 0) is 37.5 Å². The molecule has 3 rings (SSSR count). The number of fused-ring (bicyclic) bond motifs is 1. The van der Waals surface area contributed by atoms with Gasteiger partial charge in [-0.2, -0.15) is 0 Å². The van der Waals surface area contributed by atoms with Gasteiger partial charge >= 0.3 is 0 Å². The molecule has 2 fully saturated rings. The third-order valence-electron chi connectivity index (χ3n) is 6.59. The van der Waals surface area contributed by atoms with E-state index in [2.05, 4.69) is 25.7 Å². The summed E-state index contributed by atoms with van der Waals surface area (Å²) >= 11 is 0. The Bertz CT molecular complexity index is 618. The van der Waals surface area contributed by atoms with Gasteiger partial charge in [-0.15, -0.1) is 0 Å². The number of hydrogen-bond donors (Lipinski definition) is 2. The van der Waals surface area contributed by atoms with Gasteiger partial charge in [0.2, 0.25) is 5.91 Å². The summed E-state index contributed by atoms with van der Waals surface area (Å²) in [6.07, 6.45) is 6.14. The highest BCUT2D eigenvalue weighted by molar-refractivity contribution is 5.87. The second-order valence-electron chi connectivity index (χ2n) is 8.57. The fourth-order valence-corrected chi connectivity index (χ4v) is 5.06. The number of hydrogen-bond acceptors (Lipinski definition) is 3. The molecule has 1 heterocycles. The molecule has 2 N–H and O–H groups in total. The molecule has 132 valence electrons. The van der Waals surface area contributed by atoms with E-state index in [4.69, 9.17) is 0 Å². The van der Waals surface area contributed by atoms with Crippen LogP contribution in [0.1, 0.15) is 59.3 Å². The smallest absolute Gasteiger partial charge is 0.230 e. The lowest BCUT2D eigenvalue weighted by atomic mass is 9.54. The molecule has 0 spiro atoms. The summed E-state index contributed by atoms with van der Waals surface area (Å²) in [6, 6.07) is 0. The average Bonchev–Trinajstić information content (AvgIpc) is 2.70. The van der Waals surface area contributed by atoms with Gasteiger partial charge in [0.05, 0.1) is 5.92 Å². The molecule has 24 heavy (non-hydrogen) atoms. The number of allylic oxidation sites excluding steroid dienone is 2. The maximum atomic E-state index is 12.5. The van der Waals surface area contributed by atoms with Crippen molar-refractivity contribution in [2.45, 2.75) is 64.9 Å². The molecule has 1 amide bonds. The number of ketones is 1. The van der Waals surface area contributed by atoms with Crippen molar-refractivity contribution < 1.29 is 14.7 Å². The number of nitrogens with one attached hydrogen (secondary N) is 1. The van der Waals surface area contributed by atoms with Crippen molar-refractivity contribution in [3.8, 4) is 0 Å². The van der Waals surface area contributed by atoms with Gasteiger partial charge in [0.25, 0.3) is 0 Å². The Labute approximate surface area is 144 Å². The quantitative estimate of drug-likeness (QED) is 0.670. The molecule has 2 bridgehead atoms. The monoisotopic (exact) mass is 331 g/mol. The minimum atomic E-state index is -1.16. The van der Waals surface area contributed by atoms with Gasteiger partial charge in [0.15, 0.2) is 0 Å². The summed E-state index contributed by atoms with van der Waals surface area (Å²) in [5.74, 6) is 0.00902. The van der Waals surface area contributed by atoms with Crippen molar-refractivity contribution in [1.29, 1.82) is 0 Å². The Morgan fingerprint density at radius 2 is 1.96 bits per heavy atom. The second kappa shape index (κ2) is 5.83. The SMILES string of the molecule is C=C1CC[C@@H]2CC[C@H]3C(=O)N/C(=C\[C@@H](C)CC(=O)C1)[C@@]3(O)C2(C)C. The fraction of sp³-hybridized carbons (Fsp3) is 0.700. The highest BCUT2D eigenvalue weighted by Gasteiger charge is 2.63. The first-order chi connectivity index (χ1) is 11.2. The van der Waals surface area contributed by atoms with Crippen LogP contribution in [0.25, 0.3) is 0 Å². The highest BCUT2D eigenvalue weighted by atomic mass is 16.3. The van der Waals surface area contributed by atoms with Crippen LogP contribution in [0.2, 0.25) is 0 Å². The molecule has 0 aromatic carbocycles. The van der Waals surface area contributed by atoms with Crippen molar-refractivity contribution in [2.24, 2.45) is 23.2 Å². The predicted octanol–water partition coefficient (Wildman–Crippen LogP) is 3.12. The maximum absolute atomic E-state index is 12.5. The Morgan fingerprint density at radius 3 is 2.67 bits per heavy atom. The molecular weight excluding hydrogens is 302 g/mol. The lowest BCUT2D eigenvalue weighted by molar-refractivity contribution is -0.148. The molecule has 4 atom stereocenters. The van der Waals surface area contributed by atoms with Crippen LogP contribution < -0.4 is 5.32 Å². The number of amides is 1. The van der Waals surface area contributed by atoms with Crippen molar-refractivity contribution in [2.75, 3.05) is 0 Å². The summed E-state index contributed by atoms with van der Waals surface area (Å²) in [4.78, 5) is 24.7. The average molecular weight is 331 g/mol. The number of carbonyl (C=O) groups is 2. The molecule has 1 aliphatic heterocycles. The lowest BCUT2D eigenvalue weighted by Crippen LogP contribution is -2.57. The molecule has 1 saturated heterocycles. The van der Waals surface area contributed by atoms with Gasteiger partial charge in [0, 0.05) is 24.0 Å². The van der Waals surface area contributed by atoms with Crippen LogP contribution in [0.4, 0.5) is 0 Å². The number of carbonyl (C=O) groups excluding carboxylic acids is 2. The van der Waals surface area contributed by atoms with Crippen LogP contribution in [0.15, 0.2) is 23.9 Å². The van der Waals surface area contributed by atoms with Crippen molar-refractivity contribution in [1.82, 2.24) is 5.32 Å². The van der Waals surface area contributed by atoms with Crippen LogP contribution in [-0.4, -0.2) is 22.4 Å². The summed E-state index contributed by atoms with van der Waals surface area (Å²) < 4.78 is 0. The molecule has 4 heteroatoms. The Hall–Kier alpha value is -1.42. The Morgan fingerprint density at radius 1 is 1.25 bits per heavy atom. The maximum Gasteiger partial charge on any atom is 0.230 e. The first-order valence-electron chi connectivity index (χ1n) is 9.10. The standard InChI is InChI=1S/C20H29NO3/c1-12-5-6-14-7-8-16-18(23)21-17(20(16,24)19(14,3)4)11-13(2)10-15(22)9-12/h11,13-14,16,24H,1,5-10H2,2-4H3,(H,21,23)/b17-11-/t13-,14+,16-,20+/m0/s1. The molecule has 0 aromatic rings. The van der Waals surface area contributed by atoms with E-state index < -0.39 is 11.0 Å². The largest absolute Gasteiger partial charge is 0.382 e. The highest BCUT2D eigenvalue weighted by Crippen LogP contribution is 2.57. The normalized spacial score (nSPS) is 41.8. The Balaban J connectivity index is 2.07. The summed E-state index contributed by atoms with van der Waals surface area (Å²) in [5.41, 5.74) is 0.0454. The first kappa shape index (κ1) is 17.4. The van der Waals surface area contributed by atoms with Gasteiger partial charge in [-0.1, -0.05) is 39.0 Å². The molecule has 0 radical (unpaired) electrons. The number of rotatable bonds is 0. The molecule has 4 nitrogen and oxygen atoms in total.